The molecule has 2 aliphatic rings. The summed E-state index contributed by atoms with van der Waals surface area (Å²) in [6.45, 7) is 4.24. The predicted molar refractivity (Wildman–Crippen MR) is 147 cm³/mol. The highest BCUT2D eigenvalue weighted by atomic mass is 19.1. The van der Waals surface area contributed by atoms with Gasteiger partial charge in [0.1, 0.15) is 5.82 Å². The Bertz CT molecular complexity index is 1470. The summed E-state index contributed by atoms with van der Waals surface area (Å²) in [5.74, 6) is -0.663. The van der Waals surface area contributed by atoms with E-state index >= 15 is 0 Å². The molecule has 5 rings (SSSR count). The molecular weight excluding hydrogens is 499 g/mol. The van der Waals surface area contributed by atoms with E-state index in [0.29, 0.717) is 24.0 Å². The quantitative estimate of drug-likeness (QED) is 0.316. The van der Waals surface area contributed by atoms with Gasteiger partial charge >= 0.3 is 0 Å². The fourth-order valence-corrected chi connectivity index (χ4v) is 5.37. The van der Waals surface area contributed by atoms with Gasteiger partial charge in [-0.2, -0.15) is 0 Å². The van der Waals surface area contributed by atoms with Gasteiger partial charge in [-0.25, -0.2) is 4.39 Å². The van der Waals surface area contributed by atoms with Crippen LogP contribution in [0.1, 0.15) is 43.9 Å². The number of nitrogens with one attached hydrogen (secondary N) is 2. The molecule has 0 radical (unpaired) electrons. The van der Waals surface area contributed by atoms with Crippen molar-refractivity contribution in [3.8, 4) is 0 Å². The summed E-state index contributed by atoms with van der Waals surface area (Å²) >= 11 is 0. The second kappa shape index (κ2) is 10.3. The molecule has 1 aliphatic heterocycles. The van der Waals surface area contributed by atoms with E-state index in [-0.39, 0.29) is 41.7 Å². The molecule has 8 nitrogen and oxygen atoms in total. The number of benzene rings is 3. The number of fused-ring (bicyclic) bond motifs is 1. The zero-order valence-electron chi connectivity index (χ0n) is 21.7. The number of halogens is 1. The van der Waals surface area contributed by atoms with Crippen LogP contribution in [0.3, 0.4) is 0 Å². The van der Waals surface area contributed by atoms with Crippen molar-refractivity contribution >= 4 is 28.8 Å². The van der Waals surface area contributed by atoms with Crippen LogP contribution in [0.15, 0.2) is 84.1 Å². The van der Waals surface area contributed by atoms with Gasteiger partial charge in [0.2, 0.25) is 5.91 Å². The van der Waals surface area contributed by atoms with Gasteiger partial charge in [0.15, 0.2) is 5.78 Å². The first kappa shape index (κ1) is 26.1. The maximum Gasteiger partial charge on any atom is 0.269 e. The van der Waals surface area contributed by atoms with Crippen LogP contribution in [-0.4, -0.2) is 23.2 Å². The number of nitro groups is 1. The van der Waals surface area contributed by atoms with Crippen LogP contribution in [0, 0.1) is 21.3 Å². The second-order valence-electron chi connectivity index (χ2n) is 10.8. The summed E-state index contributed by atoms with van der Waals surface area (Å²) in [6, 6.07) is 19.0. The summed E-state index contributed by atoms with van der Waals surface area (Å²) < 4.78 is 13.3. The largest absolute Gasteiger partial charge is 0.357 e. The number of nitrogens with zero attached hydrogens (tertiary/aromatic N) is 2. The molecule has 0 bridgehead atoms. The van der Waals surface area contributed by atoms with Crippen molar-refractivity contribution < 1.29 is 18.9 Å². The van der Waals surface area contributed by atoms with Gasteiger partial charge in [-0.05, 0) is 59.4 Å². The summed E-state index contributed by atoms with van der Waals surface area (Å²) in [4.78, 5) is 39.7. The third kappa shape index (κ3) is 5.52. The number of ketones is 1. The van der Waals surface area contributed by atoms with E-state index in [4.69, 9.17) is 0 Å². The molecular formula is C30H29FN4O4. The van der Waals surface area contributed by atoms with Crippen molar-refractivity contribution in [1.29, 1.82) is 0 Å². The number of amides is 1. The molecule has 3 aromatic rings. The number of anilines is 2. The van der Waals surface area contributed by atoms with Gasteiger partial charge in [-0.15, -0.1) is 0 Å². The minimum atomic E-state index is -0.642. The Balaban J connectivity index is 1.57. The Hall–Kier alpha value is -4.53. The van der Waals surface area contributed by atoms with Crippen molar-refractivity contribution in [1.82, 2.24) is 5.32 Å². The second-order valence-corrected chi connectivity index (χ2v) is 10.8. The first-order chi connectivity index (χ1) is 18.6. The standard InChI is InChI=1S/C30H29FN4O4/c1-30(2)15-24-28(26(36)16-30)29(20-9-13-22(14-10-20)35(38)39)34(25-6-4-3-5-23(25)33-24)18-27(37)32-17-19-7-11-21(31)12-8-19/h3-14,29,33H,15-18H2,1-2H3,(H,32,37). The minimum Gasteiger partial charge on any atom is -0.357 e. The van der Waals surface area contributed by atoms with Crippen LogP contribution < -0.4 is 15.5 Å². The van der Waals surface area contributed by atoms with Crippen molar-refractivity contribution in [2.24, 2.45) is 5.41 Å². The fourth-order valence-electron chi connectivity index (χ4n) is 5.37. The third-order valence-corrected chi connectivity index (χ3v) is 7.14. The summed E-state index contributed by atoms with van der Waals surface area (Å²) in [5.41, 5.74) is 3.98. The topological polar surface area (TPSA) is 105 Å². The molecule has 1 unspecified atom stereocenters. The Morgan fingerprint density at radius 1 is 1.08 bits per heavy atom. The zero-order chi connectivity index (χ0) is 27.7. The van der Waals surface area contributed by atoms with Crippen molar-refractivity contribution in [2.45, 2.75) is 39.3 Å². The normalized spacial score (nSPS) is 18.0. The van der Waals surface area contributed by atoms with Crippen LogP contribution >= 0.6 is 0 Å². The van der Waals surface area contributed by atoms with Gasteiger partial charge < -0.3 is 15.5 Å². The van der Waals surface area contributed by atoms with Crippen molar-refractivity contribution in [2.75, 3.05) is 16.8 Å². The molecule has 9 heteroatoms. The third-order valence-electron chi connectivity index (χ3n) is 7.14. The molecule has 0 spiro atoms. The average Bonchev–Trinajstić information content (AvgIpc) is 3.02. The van der Waals surface area contributed by atoms with E-state index in [0.717, 1.165) is 22.6 Å². The van der Waals surface area contributed by atoms with E-state index in [1.54, 1.807) is 24.3 Å². The number of hydrogen-bond donors (Lipinski definition) is 2. The number of non-ortho nitro benzene ring substituents is 1. The Morgan fingerprint density at radius 3 is 2.46 bits per heavy atom. The lowest BCUT2D eigenvalue weighted by Gasteiger charge is -2.37. The molecule has 0 saturated carbocycles. The summed E-state index contributed by atoms with van der Waals surface area (Å²) in [5, 5.41) is 17.7. The number of allylic oxidation sites excluding steroid dienone is 1. The molecule has 1 amide bonds. The molecule has 1 aliphatic carbocycles. The number of Topliss-reactive ketones (excluding diaryl/α,β-unsaturated/α-hetero) is 1. The first-order valence-corrected chi connectivity index (χ1v) is 12.8. The number of hydrogen-bond acceptors (Lipinski definition) is 6. The van der Waals surface area contributed by atoms with Crippen molar-refractivity contribution in [3.05, 3.63) is 111 Å². The predicted octanol–water partition coefficient (Wildman–Crippen LogP) is 5.67. The number of rotatable bonds is 6. The first-order valence-electron chi connectivity index (χ1n) is 12.8. The highest BCUT2D eigenvalue weighted by Crippen LogP contribution is 2.48. The zero-order valence-corrected chi connectivity index (χ0v) is 21.7. The van der Waals surface area contributed by atoms with Gasteiger partial charge in [0.05, 0.1) is 28.9 Å². The van der Waals surface area contributed by atoms with Crippen LogP contribution in [0.4, 0.5) is 21.5 Å². The lowest BCUT2D eigenvalue weighted by atomic mass is 9.73. The summed E-state index contributed by atoms with van der Waals surface area (Å²) in [7, 11) is 0. The molecule has 39 heavy (non-hydrogen) atoms. The maximum absolute atomic E-state index is 13.7. The molecule has 0 saturated heterocycles. The van der Waals surface area contributed by atoms with Crippen LogP contribution in [0.2, 0.25) is 0 Å². The number of carbonyl (C=O) groups excluding carboxylic acids is 2. The maximum atomic E-state index is 13.7. The average molecular weight is 529 g/mol. The highest BCUT2D eigenvalue weighted by Gasteiger charge is 2.42. The molecule has 2 N–H and O–H groups in total. The van der Waals surface area contributed by atoms with Gasteiger partial charge in [-0.3, -0.25) is 19.7 Å². The van der Waals surface area contributed by atoms with Crippen LogP contribution in [0.25, 0.3) is 0 Å². The Kier molecular flexibility index (Phi) is 6.91. The van der Waals surface area contributed by atoms with Crippen LogP contribution in [0.5, 0.6) is 0 Å². The summed E-state index contributed by atoms with van der Waals surface area (Å²) in [6.07, 6.45) is 0.981. The number of para-hydroxylation sites is 2. The molecule has 0 fully saturated rings. The van der Waals surface area contributed by atoms with Gasteiger partial charge in [-0.1, -0.05) is 38.1 Å². The monoisotopic (exact) mass is 528 g/mol. The fraction of sp³-hybridized carbons (Fsp3) is 0.267. The Morgan fingerprint density at radius 2 is 1.77 bits per heavy atom. The van der Waals surface area contributed by atoms with E-state index in [9.17, 15) is 24.1 Å². The van der Waals surface area contributed by atoms with Gasteiger partial charge in [0.25, 0.3) is 5.69 Å². The molecule has 3 aromatic carbocycles. The number of carbonyl (C=O) groups is 2. The molecule has 200 valence electrons. The van der Waals surface area contributed by atoms with E-state index in [1.165, 1.54) is 24.3 Å². The van der Waals surface area contributed by atoms with Crippen molar-refractivity contribution in [3.63, 3.8) is 0 Å². The molecule has 1 atom stereocenters. The van der Waals surface area contributed by atoms with E-state index in [2.05, 4.69) is 24.5 Å². The lowest BCUT2D eigenvalue weighted by molar-refractivity contribution is -0.384. The minimum absolute atomic E-state index is 0.0263. The number of nitro benzene ring substituents is 1. The molecule has 1 heterocycles. The van der Waals surface area contributed by atoms with Crippen LogP contribution in [-0.2, 0) is 16.1 Å². The smallest absolute Gasteiger partial charge is 0.269 e. The van der Waals surface area contributed by atoms with Gasteiger partial charge in [0, 0.05) is 36.4 Å². The molecule has 0 aromatic heterocycles. The van der Waals surface area contributed by atoms with E-state index in [1.807, 2.05) is 29.2 Å². The highest BCUT2D eigenvalue weighted by molar-refractivity contribution is 6.01. The van der Waals surface area contributed by atoms with E-state index < -0.39 is 11.0 Å². The SMILES string of the molecule is CC1(C)CC(=O)C2=C(C1)Nc1ccccc1N(CC(=O)NCc1ccc(F)cc1)C2c1ccc([N+](=O)[O-])cc1. The Labute approximate surface area is 225 Å². The lowest BCUT2D eigenvalue weighted by Crippen LogP contribution is -2.41.